The molecule has 0 aliphatic carbocycles. The summed E-state index contributed by atoms with van der Waals surface area (Å²) in [4.78, 5) is 9.71. The summed E-state index contributed by atoms with van der Waals surface area (Å²) in [5.41, 5.74) is 7.60. The molecule has 1 aliphatic heterocycles. The summed E-state index contributed by atoms with van der Waals surface area (Å²) in [6.07, 6.45) is 8.05. The van der Waals surface area contributed by atoms with E-state index < -0.39 is 0 Å². The van der Waals surface area contributed by atoms with Crippen LogP contribution in [0, 0.1) is 0 Å². The first-order chi connectivity index (χ1) is 27.4. The number of unbranched alkanes of at least 4 members (excludes halogenated alkanes) is 1. The predicted molar refractivity (Wildman–Crippen MR) is 237 cm³/mol. The second-order valence-electron chi connectivity index (χ2n) is 13.9. The predicted octanol–water partition coefficient (Wildman–Crippen LogP) is 10.2. The molecule has 10 nitrogen and oxygen atoms in total. The van der Waals surface area contributed by atoms with Gasteiger partial charge in [-0.2, -0.15) is 0 Å². The minimum atomic E-state index is 0. The Morgan fingerprint density at radius 1 is 0.621 bits per heavy atom. The van der Waals surface area contributed by atoms with Crippen molar-refractivity contribution < 1.29 is 33.2 Å². The quantitative estimate of drug-likeness (QED) is 0.0796. The van der Waals surface area contributed by atoms with E-state index in [1.165, 1.54) is 11.3 Å². The van der Waals surface area contributed by atoms with Crippen LogP contribution in [-0.2, 0) is 13.1 Å². The summed E-state index contributed by atoms with van der Waals surface area (Å²) in [6.45, 7) is 6.43. The molecule has 0 unspecified atom stereocenters. The van der Waals surface area contributed by atoms with Gasteiger partial charge in [0.25, 0.3) is 0 Å². The fraction of sp³-hybridized carbons (Fsp3) is 0.370. The third-order valence-corrected chi connectivity index (χ3v) is 10.4. The lowest BCUT2D eigenvalue weighted by Crippen LogP contribution is -2.44. The zero-order valence-electron chi connectivity index (χ0n) is 34.6. The lowest BCUT2D eigenvalue weighted by atomic mass is 9.98. The average Bonchev–Trinajstić information content (AvgIpc) is 3.25. The number of rotatable bonds is 18. The van der Waals surface area contributed by atoms with Crippen LogP contribution >= 0.6 is 24.8 Å². The van der Waals surface area contributed by atoms with E-state index in [9.17, 15) is 0 Å². The minimum Gasteiger partial charge on any atom is -0.494 e. The van der Waals surface area contributed by atoms with E-state index in [0.29, 0.717) is 40.5 Å². The van der Waals surface area contributed by atoms with Crippen LogP contribution in [0.1, 0.15) is 43.7 Å². The van der Waals surface area contributed by atoms with E-state index in [4.69, 9.17) is 33.2 Å². The highest BCUT2D eigenvalue weighted by molar-refractivity contribution is 5.85. The van der Waals surface area contributed by atoms with Gasteiger partial charge in [-0.15, -0.1) is 24.8 Å². The molecule has 1 saturated heterocycles. The van der Waals surface area contributed by atoms with E-state index in [1.807, 2.05) is 36.7 Å². The monoisotopic (exact) mass is 833 g/mol. The Hall–Kier alpha value is -5.03. The maximum Gasteiger partial charge on any atom is 0.203 e. The van der Waals surface area contributed by atoms with Gasteiger partial charge in [-0.3, -0.25) is 9.88 Å². The molecule has 1 fully saturated rings. The van der Waals surface area contributed by atoms with Gasteiger partial charge in [-0.25, -0.2) is 0 Å². The largest absolute Gasteiger partial charge is 0.494 e. The van der Waals surface area contributed by atoms with Crippen molar-refractivity contribution in [3.8, 4) is 62.5 Å². The Labute approximate surface area is 356 Å². The number of piperidine rings is 1. The number of anilines is 1. The molecule has 5 aromatic rings. The van der Waals surface area contributed by atoms with Gasteiger partial charge < -0.3 is 38.1 Å². The molecule has 0 saturated carbocycles. The first-order valence-electron chi connectivity index (χ1n) is 19.3. The molecule has 0 bridgehead atoms. The molecule has 1 aromatic heterocycles. The zero-order chi connectivity index (χ0) is 39.4. The van der Waals surface area contributed by atoms with Gasteiger partial charge in [0.05, 0.1) is 49.3 Å². The highest BCUT2D eigenvalue weighted by Crippen LogP contribution is 2.43. The number of ether oxygens (including phenoxy) is 7. The fourth-order valence-electron chi connectivity index (χ4n) is 7.42. The number of aromatic nitrogens is 1. The van der Waals surface area contributed by atoms with Crippen molar-refractivity contribution in [1.29, 1.82) is 0 Å². The van der Waals surface area contributed by atoms with Gasteiger partial charge in [0.15, 0.2) is 23.0 Å². The number of hydrogen-bond donors (Lipinski definition) is 0. The smallest absolute Gasteiger partial charge is 0.203 e. The van der Waals surface area contributed by atoms with Gasteiger partial charge in [0, 0.05) is 55.9 Å². The van der Waals surface area contributed by atoms with E-state index >= 15 is 0 Å². The second kappa shape index (κ2) is 22.2. The van der Waals surface area contributed by atoms with Crippen LogP contribution in [0.3, 0.4) is 0 Å². The summed E-state index contributed by atoms with van der Waals surface area (Å²) in [5.74, 6) is 4.55. The summed E-state index contributed by atoms with van der Waals surface area (Å²) >= 11 is 0. The Morgan fingerprint density at radius 3 is 1.71 bits per heavy atom. The molecule has 312 valence electrons. The van der Waals surface area contributed by atoms with Gasteiger partial charge in [-0.1, -0.05) is 31.5 Å². The first kappa shape index (κ1) is 45.7. The number of pyridine rings is 1. The van der Waals surface area contributed by atoms with E-state index in [-0.39, 0.29) is 24.8 Å². The molecule has 0 N–H and O–H groups in total. The number of hydrogen-bond acceptors (Lipinski definition) is 10. The number of benzene rings is 4. The molecule has 0 radical (unpaired) electrons. The maximum atomic E-state index is 6.03. The number of likely N-dealkylation sites (tertiary alicyclic amines) is 1. The summed E-state index contributed by atoms with van der Waals surface area (Å²) in [5, 5.41) is 0. The van der Waals surface area contributed by atoms with Crippen molar-refractivity contribution in [2.45, 2.75) is 51.7 Å². The van der Waals surface area contributed by atoms with Gasteiger partial charge in [0.2, 0.25) is 11.5 Å². The van der Waals surface area contributed by atoms with Crippen LogP contribution < -0.4 is 38.1 Å². The molecular formula is C46H57Cl2N3O7. The SMILES string of the molecule is CCCCOc1ccc(N(Cc2cccc(-c3cc(OC)c(OC)c(OC)c3)c2)C2CCN(Cc3cncc(-c4cc(OC)c(OC)c(OC)c4)c3)CC2)cc1.Cl.Cl. The Balaban J connectivity index is 0.00000372. The maximum absolute atomic E-state index is 6.03. The highest BCUT2D eigenvalue weighted by Gasteiger charge is 2.26. The normalized spacial score (nSPS) is 12.7. The van der Waals surface area contributed by atoms with Gasteiger partial charge >= 0.3 is 0 Å². The Morgan fingerprint density at radius 2 is 1.17 bits per heavy atom. The van der Waals surface area contributed by atoms with Crippen LogP contribution in [0.4, 0.5) is 5.69 Å². The van der Waals surface area contributed by atoms with E-state index in [2.05, 4.69) is 76.3 Å². The molecule has 4 aromatic carbocycles. The van der Waals surface area contributed by atoms with Crippen LogP contribution in [0.25, 0.3) is 22.3 Å². The zero-order valence-corrected chi connectivity index (χ0v) is 36.3. The van der Waals surface area contributed by atoms with Gasteiger partial charge in [0.1, 0.15) is 5.75 Å². The lowest BCUT2D eigenvalue weighted by Gasteiger charge is -2.40. The summed E-state index contributed by atoms with van der Waals surface area (Å²) in [7, 11) is 9.79. The van der Waals surface area contributed by atoms with Crippen molar-refractivity contribution in [3.63, 3.8) is 0 Å². The first-order valence-corrected chi connectivity index (χ1v) is 19.3. The third kappa shape index (κ3) is 10.9. The van der Waals surface area contributed by atoms with Crippen molar-refractivity contribution in [3.05, 3.63) is 102 Å². The molecule has 58 heavy (non-hydrogen) atoms. The Bertz CT molecular complexity index is 1990. The third-order valence-electron chi connectivity index (χ3n) is 10.4. The summed E-state index contributed by atoms with van der Waals surface area (Å²) in [6, 6.07) is 27.8. The van der Waals surface area contributed by atoms with Crippen LogP contribution in [0.5, 0.6) is 40.2 Å². The molecule has 0 spiro atoms. The molecular weight excluding hydrogens is 777 g/mol. The second-order valence-corrected chi connectivity index (χ2v) is 13.9. The van der Waals surface area contributed by atoms with Crippen molar-refractivity contribution in [2.75, 3.05) is 67.3 Å². The van der Waals surface area contributed by atoms with Crippen LogP contribution in [0.2, 0.25) is 0 Å². The number of methoxy groups -OCH3 is 6. The topological polar surface area (TPSA) is 84.0 Å². The molecule has 6 rings (SSSR count). The standard InChI is InChI=1S/C46H55N3O7.2ClH/c1-8-9-21-56-40-15-13-38(14-16-40)49(31-32-11-10-12-34(22-32)35-24-41(50-2)45(54-6)42(25-35)51-3)39-17-19-48(20-18-39)30-33-23-37(29-47-28-33)36-26-43(52-4)46(55-7)44(27-36)53-5;;/h10-16,22-29,39H,8-9,17-21,30-31H2,1-7H3;2*1H. The number of nitrogens with zero attached hydrogens (tertiary/aromatic N) is 3. The van der Waals surface area contributed by atoms with E-state index in [1.54, 1.807) is 42.7 Å². The molecule has 0 atom stereocenters. The highest BCUT2D eigenvalue weighted by atomic mass is 35.5. The molecule has 12 heteroatoms. The molecule has 0 amide bonds. The van der Waals surface area contributed by atoms with Crippen molar-refractivity contribution in [1.82, 2.24) is 9.88 Å². The van der Waals surface area contributed by atoms with Crippen molar-refractivity contribution in [2.24, 2.45) is 0 Å². The van der Waals surface area contributed by atoms with E-state index in [0.717, 1.165) is 92.0 Å². The Kier molecular flexibility index (Phi) is 17.5. The average molecular weight is 835 g/mol. The fourth-order valence-corrected chi connectivity index (χ4v) is 7.42. The van der Waals surface area contributed by atoms with Crippen LogP contribution in [0.15, 0.2) is 91.3 Å². The molecule has 1 aliphatic rings. The van der Waals surface area contributed by atoms with Crippen LogP contribution in [-0.4, -0.2) is 78.3 Å². The molecule has 2 heterocycles. The van der Waals surface area contributed by atoms with Gasteiger partial charge in [-0.05, 0) is 108 Å². The van der Waals surface area contributed by atoms with Crippen molar-refractivity contribution >= 4 is 30.5 Å². The minimum absolute atomic E-state index is 0. The lowest BCUT2D eigenvalue weighted by molar-refractivity contribution is 0.200. The summed E-state index contributed by atoms with van der Waals surface area (Å²) < 4.78 is 39.7. The number of halogens is 2.